The van der Waals surface area contributed by atoms with Crippen LogP contribution in [-0.2, 0) is 27.3 Å². The van der Waals surface area contributed by atoms with E-state index in [4.69, 9.17) is 17.7 Å². The lowest BCUT2D eigenvalue weighted by Crippen LogP contribution is -2.63. The van der Waals surface area contributed by atoms with Crippen molar-refractivity contribution in [3.8, 4) is 0 Å². The summed E-state index contributed by atoms with van der Waals surface area (Å²) >= 11 is 1.46. The van der Waals surface area contributed by atoms with Crippen LogP contribution in [0.1, 0.15) is 74.6 Å². The average Bonchev–Trinajstić information content (AvgIpc) is 2.77. The van der Waals surface area contributed by atoms with Crippen LogP contribution in [-0.4, -0.2) is 63.6 Å². The van der Waals surface area contributed by atoms with Gasteiger partial charge in [-0.3, -0.25) is 14.2 Å². The zero-order valence-corrected chi connectivity index (χ0v) is 27.2. The molecule has 1 amide bonds. The smallest absolute Gasteiger partial charge is 0.350 e. The van der Waals surface area contributed by atoms with Crippen molar-refractivity contribution in [2.45, 2.75) is 102 Å². The number of anilines is 1. The second kappa shape index (κ2) is 13.7. The lowest BCUT2D eigenvalue weighted by Gasteiger charge is -2.50. The molecule has 0 radical (unpaired) electrons. The maximum Gasteiger partial charge on any atom is 0.350 e. The topological polar surface area (TPSA) is 118 Å². The van der Waals surface area contributed by atoms with Crippen molar-refractivity contribution in [2.24, 2.45) is 0 Å². The molecular formula is C25H45N3O7SSi2. The highest BCUT2D eigenvalue weighted by Crippen LogP contribution is 2.46. The number of amides is 1. The molecule has 1 aliphatic rings. The molecule has 1 aliphatic heterocycles. The fraction of sp³-hybridized carbons (Fsp3) is 0.760. The van der Waals surface area contributed by atoms with E-state index in [9.17, 15) is 14.4 Å². The van der Waals surface area contributed by atoms with Gasteiger partial charge in [0.2, 0.25) is 5.91 Å². The molecule has 38 heavy (non-hydrogen) atoms. The number of esters is 1. The molecule has 10 nitrogen and oxygen atoms in total. The van der Waals surface area contributed by atoms with Crippen molar-refractivity contribution in [3.63, 3.8) is 0 Å². The van der Waals surface area contributed by atoms with E-state index in [1.807, 2.05) is 0 Å². The van der Waals surface area contributed by atoms with Gasteiger partial charge in [0, 0.05) is 20.0 Å². The van der Waals surface area contributed by atoms with E-state index in [1.165, 1.54) is 30.2 Å². The Morgan fingerprint density at radius 2 is 1.53 bits per heavy atom. The Bertz CT molecular complexity index is 973. The zero-order chi connectivity index (χ0) is 28.8. The third kappa shape index (κ3) is 7.78. The third-order valence-corrected chi connectivity index (χ3v) is 18.3. The van der Waals surface area contributed by atoms with Crippen LogP contribution in [0.4, 0.5) is 5.82 Å². The summed E-state index contributed by atoms with van der Waals surface area (Å²) in [6, 6.07) is 1.55. The van der Waals surface area contributed by atoms with E-state index in [2.05, 4.69) is 65.7 Å². The molecule has 1 aromatic rings. The Balaban J connectivity index is 2.47. The minimum atomic E-state index is -2.71. The molecule has 2 rings (SSSR count). The molecule has 0 bridgehead atoms. The summed E-state index contributed by atoms with van der Waals surface area (Å²) in [6.45, 7) is 20.8. The normalized spacial score (nSPS) is 18.9. The van der Waals surface area contributed by atoms with Gasteiger partial charge in [0.05, 0.1) is 18.5 Å². The lowest BCUT2D eigenvalue weighted by atomic mass is 10.5. The fourth-order valence-corrected chi connectivity index (χ4v) is 17.4. The number of hydrogen-bond donors (Lipinski definition) is 1. The van der Waals surface area contributed by atoms with E-state index in [-0.39, 0.29) is 45.7 Å². The SMILES string of the molecule is CC(=O)Nc1ccn(C(COC(C)=O)SC2CO[Si](C(C)C)(C(C)C)O[Si](C(C)C)(C(C)C)OC2)c(=O)n1. The highest BCUT2D eigenvalue weighted by atomic mass is 32.2. The maximum atomic E-state index is 12.9. The first kappa shape index (κ1) is 32.7. The first-order valence-electron chi connectivity index (χ1n) is 13.3. The summed E-state index contributed by atoms with van der Waals surface area (Å²) in [4.78, 5) is 39.9. The van der Waals surface area contributed by atoms with Gasteiger partial charge in [-0.1, -0.05) is 55.4 Å². The Kier molecular flexibility index (Phi) is 11.8. The Morgan fingerprint density at radius 3 is 1.92 bits per heavy atom. The second-order valence-corrected chi connectivity index (χ2v) is 21.4. The summed E-state index contributed by atoms with van der Waals surface area (Å²) in [5, 5.41) is 1.81. The average molecular weight is 588 g/mol. The highest BCUT2D eigenvalue weighted by molar-refractivity contribution is 8.00. The summed E-state index contributed by atoms with van der Waals surface area (Å²) in [7, 11) is -5.41. The minimum Gasteiger partial charge on any atom is -0.463 e. The Morgan fingerprint density at radius 1 is 1.03 bits per heavy atom. The number of nitrogens with one attached hydrogen (secondary N) is 1. The molecule has 1 aromatic heterocycles. The van der Waals surface area contributed by atoms with Gasteiger partial charge in [-0.2, -0.15) is 4.98 Å². The molecule has 0 aromatic carbocycles. The number of hydrogen-bond acceptors (Lipinski definition) is 9. The van der Waals surface area contributed by atoms with Crippen LogP contribution in [0.3, 0.4) is 0 Å². The van der Waals surface area contributed by atoms with E-state index in [0.717, 1.165) is 0 Å². The monoisotopic (exact) mass is 587 g/mol. The fourth-order valence-electron chi connectivity index (χ4n) is 4.83. The molecule has 0 aliphatic carbocycles. The first-order chi connectivity index (χ1) is 17.6. The standard InChI is InChI=1S/C25H45N3O7SSi2/c1-16(2)37(17(3)4)33-13-22(14-34-38(35-37,18(5)6)19(7)8)36-24(15-32-21(10)30)28-12-11-23(26-20(9)29)27-25(28)31/h11-12,16-19,22,24H,13-15H2,1-10H3,(H,26,27,29,31). The molecule has 1 atom stereocenters. The van der Waals surface area contributed by atoms with E-state index in [1.54, 1.807) is 12.3 Å². The zero-order valence-electron chi connectivity index (χ0n) is 24.4. The van der Waals surface area contributed by atoms with E-state index < -0.39 is 34.2 Å². The van der Waals surface area contributed by atoms with Gasteiger partial charge in [0.1, 0.15) is 17.8 Å². The number of rotatable bonds is 10. The number of nitrogens with zero attached hydrogens (tertiary/aromatic N) is 2. The number of carbonyl (C=O) groups is 2. The van der Waals surface area contributed by atoms with Crippen LogP contribution in [0.2, 0.25) is 22.2 Å². The van der Waals surface area contributed by atoms with Gasteiger partial charge < -0.3 is 23.0 Å². The van der Waals surface area contributed by atoms with Gasteiger partial charge in [-0.15, -0.1) is 11.8 Å². The van der Waals surface area contributed by atoms with Crippen LogP contribution in [0.5, 0.6) is 0 Å². The van der Waals surface area contributed by atoms with Gasteiger partial charge in [-0.05, 0) is 28.2 Å². The third-order valence-electron chi connectivity index (χ3n) is 6.75. The van der Waals surface area contributed by atoms with Crippen molar-refractivity contribution in [2.75, 3.05) is 25.1 Å². The van der Waals surface area contributed by atoms with Crippen LogP contribution in [0.25, 0.3) is 0 Å². The molecule has 13 heteroatoms. The van der Waals surface area contributed by atoms with Crippen molar-refractivity contribution in [1.29, 1.82) is 0 Å². The summed E-state index contributed by atoms with van der Waals surface area (Å²) in [6.07, 6.45) is 1.55. The van der Waals surface area contributed by atoms with E-state index >= 15 is 0 Å². The predicted molar refractivity (Wildman–Crippen MR) is 155 cm³/mol. The number of carbonyl (C=O) groups excluding carboxylic acids is 2. The van der Waals surface area contributed by atoms with Crippen molar-refractivity contribution in [3.05, 3.63) is 22.7 Å². The molecule has 1 saturated heterocycles. The molecule has 216 valence electrons. The van der Waals surface area contributed by atoms with Crippen molar-refractivity contribution >= 4 is 46.6 Å². The molecular weight excluding hydrogens is 543 g/mol. The first-order valence-corrected chi connectivity index (χ1v) is 18.2. The second-order valence-electron chi connectivity index (χ2n) is 11.0. The molecule has 1 unspecified atom stereocenters. The van der Waals surface area contributed by atoms with Gasteiger partial charge in [0.15, 0.2) is 0 Å². The van der Waals surface area contributed by atoms with E-state index in [0.29, 0.717) is 13.2 Å². The van der Waals surface area contributed by atoms with Gasteiger partial charge >= 0.3 is 28.8 Å². The molecule has 1 fully saturated rings. The van der Waals surface area contributed by atoms with Crippen molar-refractivity contribution < 1.29 is 27.3 Å². The molecule has 0 spiro atoms. The van der Waals surface area contributed by atoms with Crippen LogP contribution in [0, 0.1) is 0 Å². The highest BCUT2D eigenvalue weighted by Gasteiger charge is 2.57. The molecule has 1 N–H and O–H groups in total. The lowest BCUT2D eigenvalue weighted by molar-refractivity contribution is -0.141. The summed E-state index contributed by atoms with van der Waals surface area (Å²) in [5.41, 5.74) is 0.292. The van der Waals surface area contributed by atoms with Gasteiger partial charge in [-0.25, -0.2) is 4.79 Å². The Labute approximate surface area is 233 Å². The van der Waals surface area contributed by atoms with Crippen LogP contribution < -0.4 is 11.0 Å². The number of thioether (sulfide) groups is 1. The number of ether oxygens (including phenoxy) is 1. The van der Waals surface area contributed by atoms with Crippen LogP contribution >= 0.6 is 11.8 Å². The molecule has 0 saturated carbocycles. The molecule has 2 heterocycles. The Hall–Kier alpha value is -1.52. The predicted octanol–water partition coefficient (Wildman–Crippen LogP) is 4.95. The van der Waals surface area contributed by atoms with Crippen molar-refractivity contribution in [1.82, 2.24) is 9.55 Å². The summed E-state index contributed by atoms with van der Waals surface area (Å²) in [5.74, 6) is -0.599. The minimum absolute atomic E-state index is 0.0259. The van der Waals surface area contributed by atoms with Crippen LogP contribution in [0.15, 0.2) is 17.1 Å². The quantitative estimate of drug-likeness (QED) is 0.299. The van der Waals surface area contributed by atoms with Gasteiger partial charge in [0.25, 0.3) is 0 Å². The largest absolute Gasteiger partial charge is 0.463 e. The maximum absolute atomic E-state index is 12.9. The summed E-state index contributed by atoms with van der Waals surface area (Å²) < 4.78 is 27.5. The number of aromatic nitrogens is 2.